The van der Waals surface area contributed by atoms with Gasteiger partial charge in [0.25, 0.3) is 0 Å². The first-order chi connectivity index (χ1) is 12.1. The van der Waals surface area contributed by atoms with E-state index >= 15 is 0 Å². The molecular weight excluding hydrogens is 342 g/mol. The summed E-state index contributed by atoms with van der Waals surface area (Å²) >= 11 is 0. The van der Waals surface area contributed by atoms with Gasteiger partial charge in [0.1, 0.15) is 0 Å². The van der Waals surface area contributed by atoms with Crippen molar-refractivity contribution in [3.63, 3.8) is 0 Å². The fourth-order valence-corrected chi connectivity index (χ4v) is 11.3. The monoisotopic (exact) mass is 377 g/mol. The Bertz CT molecular complexity index is 585. The van der Waals surface area contributed by atoms with Gasteiger partial charge < -0.3 is 0 Å². The van der Waals surface area contributed by atoms with E-state index in [2.05, 4.69) is 52.0 Å². The average molecular weight is 377 g/mol. The van der Waals surface area contributed by atoms with Crippen LogP contribution in [0.5, 0.6) is 0 Å². The Morgan fingerprint density at radius 3 is 2.00 bits per heavy atom. The molecule has 3 rings (SSSR count). The molecule has 3 heteroatoms. The van der Waals surface area contributed by atoms with Crippen molar-refractivity contribution >= 4 is 21.0 Å². The van der Waals surface area contributed by atoms with Crippen molar-refractivity contribution in [2.75, 3.05) is 0 Å². The first kappa shape index (κ1) is 19.5. The van der Waals surface area contributed by atoms with Gasteiger partial charge in [-0.25, -0.2) is 0 Å². The Kier molecular flexibility index (Phi) is 6.39. The molecule has 25 heavy (non-hydrogen) atoms. The molecule has 2 saturated heterocycles. The molecule has 0 aliphatic carbocycles. The van der Waals surface area contributed by atoms with E-state index in [0.717, 1.165) is 37.0 Å². The largest absolute Gasteiger partial charge is 0.352 e. The average Bonchev–Trinajstić information content (AvgIpc) is 3.22. The van der Waals surface area contributed by atoms with Crippen molar-refractivity contribution in [3.8, 4) is 0 Å². The lowest BCUT2D eigenvalue weighted by atomic mass is 9.90. The zero-order chi connectivity index (χ0) is 18.0. The molecule has 2 aliphatic rings. The van der Waals surface area contributed by atoms with Crippen LogP contribution in [0.4, 0.5) is 0 Å². The zero-order valence-corrected chi connectivity index (χ0v) is 18.3. The predicted octanol–water partition coefficient (Wildman–Crippen LogP) is 7.15. The Morgan fingerprint density at radius 2 is 1.56 bits per heavy atom. The van der Waals surface area contributed by atoms with E-state index in [-0.39, 0.29) is 13.1 Å². The van der Waals surface area contributed by atoms with Crippen LogP contribution >= 0.6 is 15.7 Å². The van der Waals surface area contributed by atoms with Gasteiger partial charge in [-0.1, -0.05) is 64.4 Å². The summed E-state index contributed by atoms with van der Waals surface area (Å²) in [6.45, 7) is 9.17. The van der Waals surface area contributed by atoms with Crippen LogP contribution in [0.2, 0.25) is 0 Å². The smallest absolute Gasteiger partial charge is 0.0735 e. The molecule has 138 valence electrons. The van der Waals surface area contributed by atoms with Gasteiger partial charge in [-0.2, -0.15) is 0 Å². The summed E-state index contributed by atoms with van der Waals surface area (Å²) in [7, 11) is -1.15. The molecule has 0 spiro atoms. The minimum atomic E-state index is -1.14. The Morgan fingerprint density at radius 1 is 0.960 bits per heavy atom. The van der Waals surface area contributed by atoms with E-state index in [1.54, 1.807) is 5.30 Å². The molecule has 0 amide bonds. The quantitative estimate of drug-likeness (QED) is 0.481. The van der Waals surface area contributed by atoms with E-state index in [0.29, 0.717) is 5.66 Å². The first-order valence-corrected chi connectivity index (χ1v) is 13.3. The molecule has 1 aromatic rings. The van der Waals surface area contributed by atoms with Crippen LogP contribution in [0.1, 0.15) is 84.6 Å². The van der Waals surface area contributed by atoms with Gasteiger partial charge in [-0.05, 0) is 61.6 Å². The molecule has 2 fully saturated rings. The molecule has 2 aliphatic heterocycles. The maximum absolute atomic E-state index is 13.2. The lowest BCUT2D eigenvalue weighted by Gasteiger charge is -2.26. The van der Waals surface area contributed by atoms with Crippen LogP contribution in [0.25, 0.3) is 0 Å². The molecule has 0 aromatic heterocycles. The van der Waals surface area contributed by atoms with Crippen molar-refractivity contribution in [1.82, 2.24) is 0 Å². The fraction of sp³-hybridized carbons (Fsp3) is 0.727. The second-order valence-corrected chi connectivity index (χ2v) is 13.0. The molecule has 5 atom stereocenters. The molecular formula is C22H35OP2+. The maximum Gasteiger partial charge on any atom is 0.352 e. The summed E-state index contributed by atoms with van der Waals surface area (Å²) in [6.07, 6.45) is 9.83. The van der Waals surface area contributed by atoms with Crippen LogP contribution < -0.4 is 5.30 Å². The van der Waals surface area contributed by atoms with Gasteiger partial charge in [0, 0.05) is 12.0 Å². The van der Waals surface area contributed by atoms with E-state index in [1.807, 2.05) is 0 Å². The van der Waals surface area contributed by atoms with Gasteiger partial charge in [0.2, 0.25) is 0 Å². The number of hydrogen-bond donors (Lipinski definition) is 0. The third-order valence-corrected chi connectivity index (χ3v) is 13.6. The van der Waals surface area contributed by atoms with Gasteiger partial charge in [-0.15, -0.1) is 0 Å². The normalized spacial score (nSPS) is 34.7. The van der Waals surface area contributed by atoms with E-state index in [9.17, 15) is 4.57 Å². The number of benzene rings is 1. The molecule has 1 unspecified atom stereocenters. The third-order valence-electron chi connectivity index (χ3n) is 6.97. The van der Waals surface area contributed by atoms with Gasteiger partial charge in [-0.3, -0.25) is 0 Å². The number of rotatable bonds is 6. The van der Waals surface area contributed by atoms with E-state index in [1.165, 1.54) is 31.2 Å². The predicted molar refractivity (Wildman–Crippen MR) is 113 cm³/mol. The molecule has 2 heterocycles. The highest BCUT2D eigenvalue weighted by Crippen LogP contribution is 2.63. The van der Waals surface area contributed by atoms with Gasteiger partial charge >= 0.3 is 7.80 Å². The second-order valence-electron chi connectivity index (χ2n) is 7.97. The van der Waals surface area contributed by atoms with Crippen molar-refractivity contribution in [2.24, 2.45) is 0 Å². The van der Waals surface area contributed by atoms with E-state index < -0.39 is 7.80 Å². The van der Waals surface area contributed by atoms with Crippen LogP contribution in [0.3, 0.4) is 0 Å². The van der Waals surface area contributed by atoms with Crippen molar-refractivity contribution < 1.29 is 4.57 Å². The summed E-state index contributed by atoms with van der Waals surface area (Å²) in [5, 5.41) is 1.55. The summed E-state index contributed by atoms with van der Waals surface area (Å²) in [4.78, 5) is 0. The molecule has 1 nitrogen and oxygen atoms in total. The summed E-state index contributed by atoms with van der Waals surface area (Å²) < 4.78 is 13.2. The topological polar surface area (TPSA) is 17.1 Å². The van der Waals surface area contributed by atoms with Crippen molar-refractivity contribution in [2.45, 2.75) is 101 Å². The molecule has 0 radical (unpaired) electrons. The molecule has 0 bridgehead atoms. The zero-order valence-electron chi connectivity index (χ0n) is 16.5. The van der Waals surface area contributed by atoms with E-state index in [4.69, 9.17) is 0 Å². The van der Waals surface area contributed by atoms with Crippen LogP contribution in [-0.2, 0) is 9.72 Å². The Hall–Kier alpha value is -0.250. The summed E-state index contributed by atoms with van der Waals surface area (Å²) in [5.74, 6) is 0. The molecule has 0 N–H and O–H groups in total. The highest BCUT2D eigenvalue weighted by molar-refractivity contribution is 7.67. The second kappa shape index (κ2) is 8.19. The lowest BCUT2D eigenvalue weighted by molar-refractivity contribution is 0.521. The minimum Gasteiger partial charge on any atom is -0.0735 e. The highest BCUT2D eigenvalue weighted by atomic mass is 31.1. The third kappa shape index (κ3) is 3.37. The van der Waals surface area contributed by atoms with Crippen molar-refractivity contribution in [1.29, 1.82) is 0 Å². The summed E-state index contributed by atoms with van der Waals surface area (Å²) in [6, 6.07) is 9.53. The fourth-order valence-electron chi connectivity index (χ4n) is 5.29. The van der Waals surface area contributed by atoms with Crippen LogP contribution in [-0.4, -0.2) is 17.0 Å². The van der Waals surface area contributed by atoms with Crippen molar-refractivity contribution in [3.05, 3.63) is 29.8 Å². The Balaban J connectivity index is 1.88. The minimum absolute atomic E-state index is 0.00851. The van der Waals surface area contributed by atoms with Gasteiger partial charge in [0.15, 0.2) is 10.8 Å². The standard InChI is InChI=1S/C22H35OP2/c1-5-18-13-14-19(6-2)24(18)21-11-9-17(10-12-21)22(8-4)16-15-20(7-3)25(22)23/h9-12,18-20H,5-8,13-16H2,1-4H3/q+1/t18-,19-,20-,22+/m0/s1. The number of hydrogen-bond acceptors (Lipinski definition) is 1. The lowest BCUT2D eigenvalue weighted by Crippen LogP contribution is -2.19. The van der Waals surface area contributed by atoms with Crippen LogP contribution in [0, 0.1) is 0 Å². The first-order valence-electron chi connectivity index (χ1n) is 10.5. The highest BCUT2D eigenvalue weighted by Gasteiger charge is 2.57. The summed E-state index contributed by atoms with van der Waals surface area (Å²) in [5.41, 5.74) is 3.62. The SMILES string of the molecule is CC[C@H]1CC[C@H](CC)P1c1ccc([C@@]2(CC)CC[C@H](CC)[P+]2=O)cc1. The molecule has 0 saturated carbocycles. The Labute approximate surface area is 156 Å². The molecule has 1 aromatic carbocycles. The van der Waals surface area contributed by atoms with Gasteiger partial charge in [0.05, 0.1) is 0 Å². The maximum atomic E-state index is 13.2. The van der Waals surface area contributed by atoms with Crippen LogP contribution in [0.15, 0.2) is 24.3 Å².